The van der Waals surface area contributed by atoms with Gasteiger partial charge in [-0.15, -0.1) is 0 Å². The highest BCUT2D eigenvalue weighted by atomic mass is 32.2. The van der Waals surface area contributed by atoms with Crippen LogP contribution in [0.3, 0.4) is 0 Å². The summed E-state index contributed by atoms with van der Waals surface area (Å²) < 4.78 is 32.8. The molecule has 1 amide bonds. The van der Waals surface area contributed by atoms with E-state index in [2.05, 4.69) is 5.32 Å². The summed E-state index contributed by atoms with van der Waals surface area (Å²) in [6.07, 6.45) is 1.61. The third kappa shape index (κ3) is 6.08. The minimum absolute atomic E-state index is 0.0917. The van der Waals surface area contributed by atoms with E-state index in [1.54, 1.807) is 42.5 Å². The molecule has 0 bridgehead atoms. The number of aryl methyl sites for hydroxylation is 1. The Morgan fingerprint density at radius 3 is 2.13 bits per heavy atom. The maximum absolute atomic E-state index is 13.3. The maximum atomic E-state index is 13.3. The minimum Gasteiger partial charge on any atom is -0.497 e. The Bertz CT molecular complexity index is 1070. The maximum Gasteiger partial charge on any atom is 0.264 e. The lowest BCUT2D eigenvalue weighted by Crippen LogP contribution is -2.41. The van der Waals surface area contributed by atoms with Crippen LogP contribution in [0.4, 0.5) is 5.69 Å². The van der Waals surface area contributed by atoms with Gasteiger partial charge in [-0.05, 0) is 54.8 Å². The van der Waals surface area contributed by atoms with Crippen LogP contribution in [-0.4, -0.2) is 34.5 Å². The van der Waals surface area contributed by atoms with Crippen molar-refractivity contribution in [3.8, 4) is 5.75 Å². The van der Waals surface area contributed by atoms with Gasteiger partial charge in [0.1, 0.15) is 12.3 Å². The van der Waals surface area contributed by atoms with Gasteiger partial charge in [0.05, 0.1) is 17.7 Å². The van der Waals surface area contributed by atoms with Gasteiger partial charge in [0.15, 0.2) is 0 Å². The van der Waals surface area contributed by atoms with Crippen molar-refractivity contribution >= 4 is 21.6 Å². The molecule has 0 atom stereocenters. The summed E-state index contributed by atoms with van der Waals surface area (Å²) in [5.41, 5.74) is 1.63. The summed E-state index contributed by atoms with van der Waals surface area (Å²) in [5.74, 6) is 0.204. The van der Waals surface area contributed by atoms with E-state index in [1.807, 2.05) is 30.3 Å². The van der Waals surface area contributed by atoms with Crippen molar-refractivity contribution in [2.75, 3.05) is 24.5 Å². The molecular weight excluding hydrogens is 412 g/mol. The van der Waals surface area contributed by atoms with Crippen LogP contribution < -0.4 is 14.4 Å². The molecule has 0 saturated carbocycles. The van der Waals surface area contributed by atoms with E-state index < -0.39 is 10.0 Å². The van der Waals surface area contributed by atoms with Gasteiger partial charge >= 0.3 is 0 Å². The van der Waals surface area contributed by atoms with E-state index in [-0.39, 0.29) is 17.3 Å². The Kier molecular flexibility index (Phi) is 7.67. The molecule has 3 rings (SSSR count). The molecule has 7 heteroatoms. The summed E-state index contributed by atoms with van der Waals surface area (Å²) in [6, 6.07) is 24.7. The number of methoxy groups -OCH3 is 1. The fourth-order valence-corrected chi connectivity index (χ4v) is 4.56. The van der Waals surface area contributed by atoms with Crippen molar-refractivity contribution in [1.29, 1.82) is 0 Å². The van der Waals surface area contributed by atoms with Crippen LogP contribution in [0.1, 0.15) is 12.0 Å². The standard InChI is InChI=1S/C24H26N2O4S/c1-30-22-14-16-23(17-15-22)31(28,29)26(21-12-6-3-7-13-21)19-24(27)25-18-8-11-20-9-4-2-5-10-20/h2-7,9-10,12-17H,8,11,18-19H2,1H3,(H,25,27). The molecule has 0 radical (unpaired) electrons. The van der Waals surface area contributed by atoms with Crippen LogP contribution in [0.15, 0.2) is 89.8 Å². The lowest BCUT2D eigenvalue weighted by atomic mass is 10.1. The van der Waals surface area contributed by atoms with Gasteiger partial charge in [0, 0.05) is 6.54 Å². The number of carbonyl (C=O) groups is 1. The molecule has 0 aromatic heterocycles. The zero-order chi connectivity index (χ0) is 22.1. The number of amides is 1. The van der Waals surface area contributed by atoms with Gasteiger partial charge in [-0.2, -0.15) is 0 Å². The number of nitrogens with zero attached hydrogens (tertiary/aromatic N) is 1. The highest BCUT2D eigenvalue weighted by Crippen LogP contribution is 2.24. The lowest BCUT2D eigenvalue weighted by Gasteiger charge is -2.24. The van der Waals surface area contributed by atoms with Gasteiger partial charge in [-0.1, -0.05) is 48.5 Å². The van der Waals surface area contributed by atoms with Crippen molar-refractivity contribution in [1.82, 2.24) is 5.32 Å². The van der Waals surface area contributed by atoms with Crippen LogP contribution in [0, 0.1) is 0 Å². The number of nitrogens with one attached hydrogen (secondary N) is 1. The summed E-state index contributed by atoms with van der Waals surface area (Å²) >= 11 is 0. The number of ether oxygens (including phenoxy) is 1. The number of para-hydroxylation sites is 1. The van der Waals surface area contributed by atoms with Crippen molar-refractivity contribution < 1.29 is 17.9 Å². The largest absolute Gasteiger partial charge is 0.497 e. The number of hydrogen-bond donors (Lipinski definition) is 1. The predicted molar refractivity (Wildman–Crippen MR) is 122 cm³/mol. The average Bonchev–Trinajstić information content (AvgIpc) is 2.81. The molecule has 0 unspecified atom stereocenters. The fourth-order valence-electron chi connectivity index (χ4n) is 3.14. The quantitative estimate of drug-likeness (QED) is 0.491. The Morgan fingerprint density at radius 2 is 1.52 bits per heavy atom. The molecule has 0 fully saturated rings. The summed E-state index contributed by atoms with van der Waals surface area (Å²) in [5, 5.41) is 2.83. The van der Waals surface area contributed by atoms with E-state index in [1.165, 1.54) is 24.8 Å². The van der Waals surface area contributed by atoms with Gasteiger partial charge in [0.2, 0.25) is 5.91 Å². The Balaban J connectivity index is 1.69. The predicted octanol–water partition coefficient (Wildman–Crippen LogP) is 3.64. The van der Waals surface area contributed by atoms with E-state index >= 15 is 0 Å². The van der Waals surface area contributed by atoms with Gasteiger partial charge < -0.3 is 10.1 Å². The van der Waals surface area contributed by atoms with Crippen LogP contribution in [0.2, 0.25) is 0 Å². The molecule has 0 aliphatic carbocycles. The fraction of sp³-hybridized carbons (Fsp3) is 0.208. The number of benzene rings is 3. The van der Waals surface area contributed by atoms with E-state index in [0.717, 1.165) is 17.1 Å². The Labute approximate surface area is 183 Å². The first kappa shape index (κ1) is 22.4. The molecule has 31 heavy (non-hydrogen) atoms. The Hall–Kier alpha value is -3.32. The summed E-state index contributed by atoms with van der Waals surface area (Å²) in [4.78, 5) is 12.7. The van der Waals surface area contributed by atoms with Crippen molar-refractivity contribution in [3.63, 3.8) is 0 Å². The number of rotatable bonds is 10. The molecule has 3 aromatic rings. The molecule has 6 nitrogen and oxygen atoms in total. The average molecular weight is 439 g/mol. The number of carbonyl (C=O) groups excluding carboxylic acids is 1. The van der Waals surface area contributed by atoms with Crippen molar-refractivity contribution in [2.45, 2.75) is 17.7 Å². The van der Waals surface area contributed by atoms with Crippen LogP contribution in [0.5, 0.6) is 5.75 Å². The van der Waals surface area contributed by atoms with E-state index in [9.17, 15) is 13.2 Å². The second kappa shape index (κ2) is 10.6. The number of hydrogen-bond acceptors (Lipinski definition) is 4. The smallest absolute Gasteiger partial charge is 0.264 e. The number of sulfonamides is 1. The summed E-state index contributed by atoms with van der Waals surface area (Å²) in [6.45, 7) is 0.169. The molecule has 0 aliphatic rings. The van der Waals surface area contributed by atoms with Crippen LogP contribution in [-0.2, 0) is 21.2 Å². The zero-order valence-corrected chi connectivity index (χ0v) is 18.2. The van der Waals surface area contributed by atoms with Gasteiger partial charge in [-0.25, -0.2) is 8.42 Å². The molecule has 0 spiro atoms. The van der Waals surface area contributed by atoms with Crippen LogP contribution in [0.25, 0.3) is 0 Å². The zero-order valence-electron chi connectivity index (χ0n) is 17.4. The van der Waals surface area contributed by atoms with E-state index in [0.29, 0.717) is 18.0 Å². The third-order valence-electron chi connectivity index (χ3n) is 4.79. The minimum atomic E-state index is -3.93. The highest BCUT2D eigenvalue weighted by molar-refractivity contribution is 7.92. The third-order valence-corrected chi connectivity index (χ3v) is 6.57. The summed E-state index contributed by atoms with van der Waals surface area (Å²) in [7, 11) is -2.42. The molecular formula is C24H26N2O4S. The van der Waals surface area contributed by atoms with Crippen molar-refractivity contribution in [3.05, 3.63) is 90.5 Å². The first-order valence-corrected chi connectivity index (χ1v) is 11.5. The first-order chi connectivity index (χ1) is 15.0. The van der Waals surface area contributed by atoms with Gasteiger partial charge in [-0.3, -0.25) is 9.10 Å². The molecule has 3 aromatic carbocycles. The molecule has 0 saturated heterocycles. The second-order valence-corrected chi connectivity index (χ2v) is 8.82. The van der Waals surface area contributed by atoms with Gasteiger partial charge in [0.25, 0.3) is 10.0 Å². The second-order valence-electron chi connectivity index (χ2n) is 6.96. The molecule has 0 aliphatic heterocycles. The van der Waals surface area contributed by atoms with E-state index in [4.69, 9.17) is 4.74 Å². The van der Waals surface area contributed by atoms with Crippen LogP contribution >= 0.6 is 0 Å². The molecule has 0 heterocycles. The topological polar surface area (TPSA) is 75.7 Å². The number of anilines is 1. The first-order valence-electron chi connectivity index (χ1n) is 10.0. The monoisotopic (exact) mass is 438 g/mol. The SMILES string of the molecule is COc1ccc(S(=O)(=O)N(CC(=O)NCCCc2ccccc2)c2ccccc2)cc1. The highest BCUT2D eigenvalue weighted by Gasteiger charge is 2.27. The normalized spacial score (nSPS) is 11.0. The Morgan fingerprint density at radius 1 is 0.903 bits per heavy atom. The lowest BCUT2D eigenvalue weighted by molar-refractivity contribution is -0.119. The van der Waals surface area contributed by atoms with Crippen molar-refractivity contribution in [2.24, 2.45) is 0 Å². The molecule has 162 valence electrons. The molecule has 1 N–H and O–H groups in total.